The predicted molar refractivity (Wildman–Crippen MR) is 82.7 cm³/mol. The zero-order valence-electron chi connectivity index (χ0n) is 12.7. The van der Waals surface area contributed by atoms with E-state index in [2.05, 4.69) is 6.07 Å². The molecule has 0 bridgehead atoms. The minimum Gasteiger partial charge on any atom is -0.465 e. The van der Waals surface area contributed by atoms with Gasteiger partial charge in [0, 0.05) is 13.1 Å². The summed E-state index contributed by atoms with van der Waals surface area (Å²) < 4.78 is 0. The van der Waals surface area contributed by atoms with Crippen molar-refractivity contribution in [1.82, 2.24) is 9.80 Å². The molecule has 0 saturated carbocycles. The first-order chi connectivity index (χ1) is 10.7. The molecule has 1 saturated heterocycles. The van der Waals surface area contributed by atoms with Crippen LogP contribution in [0.25, 0.3) is 0 Å². The number of amides is 2. The van der Waals surface area contributed by atoms with Gasteiger partial charge in [0.2, 0.25) is 5.91 Å². The Morgan fingerprint density at radius 1 is 1.18 bits per heavy atom. The Morgan fingerprint density at radius 2 is 1.91 bits per heavy atom. The van der Waals surface area contributed by atoms with Gasteiger partial charge in [-0.2, -0.15) is 0 Å². The average molecular weight is 302 g/mol. The number of carbonyl (C=O) groups is 2. The fourth-order valence-electron chi connectivity index (χ4n) is 3.58. The van der Waals surface area contributed by atoms with Crippen LogP contribution < -0.4 is 0 Å². The number of hydrogen-bond acceptors (Lipinski definition) is 2. The summed E-state index contributed by atoms with van der Waals surface area (Å²) in [5, 5.41) is 9.60. The Hall–Kier alpha value is -2.04. The number of likely N-dealkylation sites (tertiary alicyclic amines) is 1. The molecule has 0 aromatic heterocycles. The zero-order chi connectivity index (χ0) is 15.5. The van der Waals surface area contributed by atoms with Crippen LogP contribution >= 0.6 is 0 Å². The second kappa shape index (κ2) is 6.38. The minimum absolute atomic E-state index is 0.0334. The summed E-state index contributed by atoms with van der Waals surface area (Å²) in [5.74, 6) is -0.0667. The SMILES string of the molecule is O=C(CN(C(=O)O)C1CCCc2ccccc21)N1CCCC1. The van der Waals surface area contributed by atoms with Crippen molar-refractivity contribution in [1.29, 1.82) is 0 Å². The fraction of sp³-hybridized carbons (Fsp3) is 0.529. The highest BCUT2D eigenvalue weighted by Crippen LogP contribution is 2.34. The van der Waals surface area contributed by atoms with Crippen molar-refractivity contribution < 1.29 is 14.7 Å². The van der Waals surface area contributed by atoms with Crippen LogP contribution in [0.3, 0.4) is 0 Å². The molecule has 118 valence electrons. The van der Waals surface area contributed by atoms with E-state index in [-0.39, 0.29) is 18.5 Å². The lowest BCUT2D eigenvalue weighted by Gasteiger charge is -2.34. The fourth-order valence-corrected chi connectivity index (χ4v) is 3.58. The monoisotopic (exact) mass is 302 g/mol. The van der Waals surface area contributed by atoms with E-state index in [9.17, 15) is 14.7 Å². The van der Waals surface area contributed by atoms with Gasteiger partial charge in [0.25, 0.3) is 0 Å². The van der Waals surface area contributed by atoms with Gasteiger partial charge in [0.1, 0.15) is 6.54 Å². The third-order valence-corrected chi connectivity index (χ3v) is 4.72. The number of aryl methyl sites for hydroxylation is 1. The quantitative estimate of drug-likeness (QED) is 0.933. The van der Waals surface area contributed by atoms with Crippen LogP contribution in [0.4, 0.5) is 4.79 Å². The molecule has 22 heavy (non-hydrogen) atoms. The van der Waals surface area contributed by atoms with Crippen molar-refractivity contribution in [2.45, 2.75) is 38.1 Å². The van der Waals surface area contributed by atoms with Gasteiger partial charge >= 0.3 is 6.09 Å². The first kappa shape index (κ1) is 14.9. The molecular weight excluding hydrogens is 280 g/mol. The molecule has 1 aromatic carbocycles. The summed E-state index contributed by atoms with van der Waals surface area (Å²) in [6, 6.07) is 7.79. The van der Waals surface area contributed by atoms with E-state index in [0.717, 1.165) is 50.8 Å². The highest BCUT2D eigenvalue weighted by Gasteiger charge is 2.32. The van der Waals surface area contributed by atoms with Gasteiger partial charge in [0.05, 0.1) is 6.04 Å². The summed E-state index contributed by atoms with van der Waals surface area (Å²) in [6.07, 6.45) is 3.77. The van der Waals surface area contributed by atoms with Gasteiger partial charge in [-0.3, -0.25) is 9.69 Å². The van der Waals surface area contributed by atoms with E-state index in [0.29, 0.717) is 0 Å². The molecule has 2 aliphatic rings. The average Bonchev–Trinajstić information content (AvgIpc) is 3.06. The predicted octanol–water partition coefficient (Wildman–Crippen LogP) is 2.67. The molecule has 1 atom stereocenters. The molecule has 1 N–H and O–H groups in total. The van der Waals surface area contributed by atoms with Crippen LogP contribution in [0.2, 0.25) is 0 Å². The number of carbonyl (C=O) groups excluding carboxylic acids is 1. The Bertz CT molecular complexity index is 567. The summed E-state index contributed by atoms with van der Waals surface area (Å²) >= 11 is 0. The van der Waals surface area contributed by atoms with Gasteiger partial charge in [-0.05, 0) is 43.2 Å². The molecule has 3 rings (SSSR count). The van der Waals surface area contributed by atoms with Gasteiger partial charge in [-0.25, -0.2) is 4.79 Å². The molecule has 1 fully saturated rings. The highest BCUT2D eigenvalue weighted by molar-refractivity contribution is 5.82. The van der Waals surface area contributed by atoms with E-state index in [1.165, 1.54) is 10.5 Å². The number of benzene rings is 1. The molecule has 2 amide bonds. The summed E-state index contributed by atoms with van der Waals surface area (Å²) in [5.41, 5.74) is 2.27. The molecule has 1 aliphatic carbocycles. The Balaban J connectivity index is 1.80. The molecule has 0 radical (unpaired) electrons. The first-order valence-electron chi connectivity index (χ1n) is 8.02. The van der Waals surface area contributed by atoms with Crippen LogP contribution in [-0.4, -0.2) is 46.5 Å². The van der Waals surface area contributed by atoms with E-state index < -0.39 is 6.09 Å². The lowest BCUT2D eigenvalue weighted by atomic mass is 9.87. The molecule has 0 spiro atoms. The van der Waals surface area contributed by atoms with Gasteiger partial charge in [-0.15, -0.1) is 0 Å². The maximum absolute atomic E-state index is 12.3. The molecule has 1 aliphatic heterocycles. The van der Waals surface area contributed by atoms with Crippen molar-refractivity contribution in [3.8, 4) is 0 Å². The first-order valence-corrected chi connectivity index (χ1v) is 8.02. The largest absolute Gasteiger partial charge is 0.465 e. The van der Waals surface area contributed by atoms with E-state index in [1.54, 1.807) is 4.90 Å². The number of carboxylic acid groups (broad SMARTS) is 1. The van der Waals surface area contributed by atoms with Crippen LogP contribution in [-0.2, 0) is 11.2 Å². The lowest BCUT2D eigenvalue weighted by molar-refractivity contribution is -0.131. The molecule has 1 unspecified atom stereocenters. The van der Waals surface area contributed by atoms with Crippen LogP contribution in [0.5, 0.6) is 0 Å². The smallest absolute Gasteiger partial charge is 0.408 e. The van der Waals surface area contributed by atoms with Crippen molar-refractivity contribution in [2.75, 3.05) is 19.6 Å². The number of fused-ring (bicyclic) bond motifs is 1. The second-order valence-corrected chi connectivity index (χ2v) is 6.11. The molecular formula is C17H22N2O3. The van der Waals surface area contributed by atoms with Crippen molar-refractivity contribution >= 4 is 12.0 Å². The number of rotatable bonds is 3. The molecule has 5 nitrogen and oxygen atoms in total. The normalized spacial score (nSPS) is 20.5. The summed E-state index contributed by atoms with van der Waals surface area (Å²) in [4.78, 5) is 27.2. The van der Waals surface area contributed by atoms with E-state index in [4.69, 9.17) is 0 Å². The minimum atomic E-state index is -1.01. The maximum atomic E-state index is 12.3. The Labute approximate surface area is 130 Å². The topological polar surface area (TPSA) is 60.9 Å². The summed E-state index contributed by atoms with van der Waals surface area (Å²) in [6.45, 7) is 1.48. The highest BCUT2D eigenvalue weighted by atomic mass is 16.4. The Kier molecular flexibility index (Phi) is 4.32. The third-order valence-electron chi connectivity index (χ3n) is 4.72. The second-order valence-electron chi connectivity index (χ2n) is 6.11. The number of hydrogen-bond donors (Lipinski definition) is 1. The van der Waals surface area contributed by atoms with Crippen LogP contribution in [0, 0.1) is 0 Å². The number of nitrogens with zero attached hydrogens (tertiary/aromatic N) is 2. The van der Waals surface area contributed by atoms with E-state index >= 15 is 0 Å². The van der Waals surface area contributed by atoms with Crippen LogP contribution in [0.15, 0.2) is 24.3 Å². The van der Waals surface area contributed by atoms with Crippen molar-refractivity contribution in [2.24, 2.45) is 0 Å². The van der Waals surface area contributed by atoms with Crippen LogP contribution in [0.1, 0.15) is 42.9 Å². The maximum Gasteiger partial charge on any atom is 0.408 e. The standard InChI is InChI=1S/C17H22N2O3/c20-16(18-10-3-4-11-18)12-19(17(21)22)15-9-5-7-13-6-1-2-8-14(13)15/h1-2,6,8,15H,3-5,7,9-12H2,(H,21,22). The molecule has 1 aromatic rings. The molecule has 5 heteroatoms. The van der Waals surface area contributed by atoms with Crippen molar-refractivity contribution in [3.63, 3.8) is 0 Å². The van der Waals surface area contributed by atoms with Gasteiger partial charge < -0.3 is 10.0 Å². The van der Waals surface area contributed by atoms with Gasteiger partial charge in [-0.1, -0.05) is 24.3 Å². The van der Waals surface area contributed by atoms with Crippen molar-refractivity contribution in [3.05, 3.63) is 35.4 Å². The Morgan fingerprint density at radius 3 is 2.64 bits per heavy atom. The summed E-state index contributed by atoms with van der Waals surface area (Å²) in [7, 11) is 0. The molecule has 1 heterocycles. The zero-order valence-corrected chi connectivity index (χ0v) is 12.7. The lowest BCUT2D eigenvalue weighted by Crippen LogP contribution is -2.44. The van der Waals surface area contributed by atoms with Gasteiger partial charge in [0.15, 0.2) is 0 Å². The third kappa shape index (κ3) is 2.93. The van der Waals surface area contributed by atoms with E-state index in [1.807, 2.05) is 18.2 Å².